The van der Waals surface area contributed by atoms with Gasteiger partial charge in [-0.2, -0.15) is 0 Å². The van der Waals surface area contributed by atoms with E-state index in [0.29, 0.717) is 11.5 Å². The van der Waals surface area contributed by atoms with E-state index in [1.165, 1.54) is 12.0 Å². The van der Waals surface area contributed by atoms with Crippen molar-refractivity contribution in [1.29, 1.82) is 0 Å². The standard InChI is InChI=1S/C17H25N3O2/c1-12(2)13-8-10-14(11-9-13)16(21)19-20-17(22)18-15-6-4-3-5-7-15/h8-12,15H,3-7H2,1-2H3,(H,19,21)(H2,18,20,22). The highest BCUT2D eigenvalue weighted by atomic mass is 16.2. The molecule has 5 heteroatoms. The number of carbonyl (C=O) groups excluding carboxylic acids is 2. The summed E-state index contributed by atoms with van der Waals surface area (Å²) in [6.07, 6.45) is 5.57. The van der Waals surface area contributed by atoms with Crippen LogP contribution in [0, 0.1) is 0 Å². The topological polar surface area (TPSA) is 70.2 Å². The Morgan fingerprint density at radius 2 is 1.64 bits per heavy atom. The number of hydrogen-bond acceptors (Lipinski definition) is 2. The summed E-state index contributed by atoms with van der Waals surface area (Å²) in [7, 11) is 0. The first kappa shape index (κ1) is 16.3. The first-order chi connectivity index (χ1) is 10.6. The number of urea groups is 1. The number of amides is 3. The van der Waals surface area contributed by atoms with Crippen LogP contribution in [0.1, 0.15) is 67.8 Å². The van der Waals surface area contributed by atoms with Gasteiger partial charge in [0.15, 0.2) is 0 Å². The third-order valence-electron chi connectivity index (χ3n) is 4.07. The van der Waals surface area contributed by atoms with Crippen LogP contribution in [0.3, 0.4) is 0 Å². The van der Waals surface area contributed by atoms with E-state index < -0.39 is 0 Å². The van der Waals surface area contributed by atoms with Crippen molar-refractivity contribution < 1.29 is 9.59 Å². The van der Waals surface area contributed by atoms with Crippen molar-refractivity contribution in [1.82, 2.24) is 16.2 Å². The second kappa shape index (κ2) is 7.82. The highest BCUT2D eigenvalue weighted by Crippen LogP contribution is 2.17. The summed E-state index contributed by atoms with van der Waals surface area (Å²) < 4.78 is 0. The van der Waals surface area contributed by atoms with E-state index in [0.717, 1.165) is 25.7 Å². The van der Waals surface area contributed by atoms with E-state index in [4.69, 9.17) is 0 Å². The molecule has 1 aliphatic rings. The molecule has 0 unspecified atom stereocenters. The fraction of sp³-hybridized carbons (Fsp3) is 0.529. The maximum absolute atomic E-state index is 12.0. The SMILES string of the molecule is CC(C)c1ccc(C(=O)NNC(=O)NC2CCCCC2)cc1. The number of rotatable bonds is 3. The minimum Gasteiger partial charge on any atom is -0.334 e. The van der Waals surface area contributed by atoms with E-state index in [1.54, 1.807) is 12.1 Å². The Bertz CT molecular complexity index is 505. The van der Waals surface area contributed by atoms with Gasteiger partial charge in [0, 0.05) is 11.6 Å². The first-order valence-corrected chi connectivity index (χ1v) is 8.03. The molecule has 0 bridgehead atoms. The molecule has 0 aliphatic heterocycles. The van der Waals surface area contributed by atoms with Gasteiger partial charge in [0.25, 0.3) is 5.91 Å². The molecule has 3 amide bonds. The first-order valence-electron chi connectivity index (χ1n) is 8.03. The van der Waals surface area contributed by atoms with Gasteiger partial charge in [-0.15, -0.1) is 0 Å². The fourth-order valence-electron chi connectivity index (χ4n) is 2.67. The highest BCUT2D eigenvalue weighted by molar-refractivity contribution is 5.95. The summed E-state index contributed by atoms with van der Waals surface area (Å²) in [5.41, 5.74) is 6.56. The molecule has 22 heavy (non-hydrogen) atoms. The molecular weight excluding hydrogens is 278 g/mol. The molecule has 3 N–H and O–H groups in total. The molecular formula is C17H25N3O2. The third kappa shape index (κ3) is 4.76. The van der Waals surface area contributed by atoms with E-state index in [9.17, 15) is 9.59 Å². The average Bonchev–Trinajstić information content (AvgIpc) is 2.53. The van der Waals surface area contributed by atoms with Gasteiger partial charge in [0.05, 0.1) is 0 Å². The summed E-state index contributed by atoms with van der Waals surface area (Å²) >= 11 is 0. The van der Waals surface area contributed by atoms with Gasteiger partial charge < -0.3 is 5.32 Å². The van der Waals surface area contributed by atoms with Crippen molar-refractivity contribution >= 4 is 11.9 Å². The summed E-state index contributed by atoms with van der Waals surface area (Å²) in [5.74, 6) is 0.116. The Labute approximate surface area is 131 Å². The largest absolute Gasteiger partial charge is 0.334 e. The van der Waals surface area contributed by atoms with Gasteiger partial charge in [-0.05, 0) is 36.5 Å². The number of hydrogen-bond donors (Lipinski definition) is 3. The Hall–Kier alpha value is -2.04. The lowest BCUT2D eigenvalue weighted by atomic mass is 9.96. The van der Waals surface area contributed by atoms with Crippen molar-refractivity contribution in [3.63, 3.8) is 0 Å². The zero-order valence-corrected chi connectivity index (χ0v) is 13.3. The van der Waals surface area contributed by atoms with Gasteiger partial charge in [0.1, 0.15) is 0 Å². The molecule has 120 valence electrons. The van der Waals surface area contributed by atoms with Crippen LogP contribution in [0.4, 0.5) is 4.79 Å². The van der Waals surface area contributed by atoms with Crippen molar-refractivity contribution in [2.75, 3.05) is 0 Å². The van der Waals surface area contributed by atoms with Crippen molar-refractivity contribution in [2.45, 2.75) is 57.9 Å². The molecule has 1 aromatic rings. The van der Waals surface area contributed by atoms with Crippen LogP contribution >= 0.6 is 0 Å². The molecule has 0 atom stereocenters. The van der Waals surface area contributed by atoms with Crippen LogP contribution in [-0.2, 0) is 0 Å². The lowest BCUT2D eigenvalue weighted by Gasteiger charge is -2.22. The van der Waals surface area contributed by atoms with E-state index in [1.807, 2.05) is 12.1 Å². The Balaban J connectivity index is 1.77. The van der Waals surface area contributed by atoms with Crippen LogP contribution < -0.4 is 16.2 Å². The molecule has 0 aromatic heterocycles. The van der Waals surface area contributed by atoms with Gasteiger partial charge in [0.2, 0.25) is 0 Å². The van der Waals surface area contributed by atoms with Crippen LogP contribution in [0.25, 0.3) is 0 Å². The quantitative estimate of drug-likeness (QED) is 0.751. The monoisotopic (exact) mass is 303 g/mol. The average molecular weight is 303 g/mol. The number of hydrazine groups is 1. The second-order valence-corrected chi connectivity index (χ2v) is 6.16. The highest BCUT2D eigenvalue weighted by Gasteiger charge is 2.16. The summed E-state index contributed by atoms with van der Waals surface area (Å²) in [4.78, 5) is 23.7. The molecule has 0 radical (unpaired) electrons. The smallest absolute Gasteiger partial charge is 0.333 e. The van der Waals surface area contributed by atoms with Gasteiger partial charge in [-0.25, -0.2) is 10.2 Å². The van der Waals surface area contributed by atoms with Crippen LogP contribution in [0.15, 0.2) is 24.3 Å². The Morgan fingerprint density at radius 3 is 2.23 bits per heavy atom. The maximum Gasteiger partial charge on any atom is 0.333 e. The van der Waals surface area contributed by atoms with Crippen LogP contribution in [-0.4, -0.2) is 18.0 Å². The molecule has 1 fully saturated rings. The zero-order valence-electron chi connectivity index (χ0n) is 13.3. The summed E-state index contributed by atoms with van der Waals surface area (Å²) in [5, 5.41) is 2.88. The fourth-order valence-corrected chi connectivity index (χ4v) is 2.67. The molecule has 1 saturated carbocycles. The third-order valence-corrected chi connectivity index (χ3v) is 4.07. The minimum absolute atomic E-state index is 0.218. The van der Waals surface area contributed by atoms with Crippen molar-refractivity contribution in [2.24, 2.45) is 0 Å². The van der Waals surface area contributed by atoms with Gasteiger partial charge in [-0.3, -0.25) is 10.2 Å². The van der Waals surface area contributed by atoms with Gasteiger partial charge in [-0.1, -0.05) is 45.2 Å². The molecule has 0 heterocycles. The Kier molecular flexibility index (Phi) is 5.81. The lowest BCUT2D eigenvalue weighted by Crippen LogP contribution is -2.50. The number of nitrogens with one attached hydrogen (secondary N) is 3. The lowest BCUT2D eigenvalue weighted by molar-refractivity contribution is 0.0935. The van der Waals surface area contributed by atoms with E-state index in [-0.39, 0.29) is 18.0 Å². The zero-order chi connectivity index (χ0) is 15.9. The van der Waals surface area contributed by atoms with Crippen molar-refractivity contribution in [3.05, 3.63) is 35.4 Å². The van der Waals surface area contributed by atoms with Crippen LogP contribution in [0.2, 0.25) is 0 Å². The van der Waals surface area contributed by atoms with Crippen LogP contribution in [0.5, 0.6) is 0 Å². The molecule has 5 nitrogen and oxygen atoms in total. The maximum atomic E-state index is 12.0. The van der Waals surface area contributed by atoms with Gasteiger partial charge >= 0.3 is 6.03 Å². The molecule has 0 spiro atoms. The number of carbonyl (C=O) groups is 2. The minimum atomic E-state index is -0.348. The molecule has 1 aliphatic carbocycles. The predicted octanol–water partition coefficient (Wildman–Crippen LogP) is 3.09. The normalized spacial score (nSPS) is 15.4. The molecule has 0 saturated heterocycles. The predicted molar refractivity (Wildman–Crippen MR) is 86.5 cm³/mol. The Morgan fingerprint density at radius 1 is 1.00 bits per heavy atom. The molecule has 1 aromatic carbocycles. The van der Waals surface area contributed by atoms with E-state index in [2.05, 4.69) is 30.0 Å². The summed E-state index contributed by atoms with van der Waals surface area (Å²) in [6.45, 7) is 4.21. The van der Waals surface area contributed by atoms with Crippen molar-refractivity contribution in [3.8, 4) is 0 Å². The molecule has 2 rings (SSSR count). The number of benzene rings is 1. The van der Waals surface area contributed by atoms with E-state index >= 15 is 0 Å². The second-order valence-electron chi connectivity index (χ2n) is 6.16. The summed E-state index contributed by atoms with van der Waals surface area (Å²) in [6, 6.07) is 7.27.